The van der Waals surface area contributed by atoms with Crippen molar-refractivity contribution in [2.24, 2.45) is 10.2 Å². The van der Waals surface area contributed by atoms with Gasteiger partial charge in [0.05, 0.1) is 53.3 Å². The zero-order valence-corrected chi connectivity index (χ0v) is 20.5. The quantitative estimate of drug-likeness (QED) is 0.215. The minimum Gasteiger partial charge on any atom is -0.366 e. The fourth-order valence-corrected chi connectivity index (χ4v) is 5.09. The fraction of sp³-hybridized carbons (Fsp3) is 0.435. The Hall–Kier alpha value is -2.77. The van der Waals surface area contributed by atoms with Crippen molar-refractivity contribution in [1.82, 2.24) is 4.90 Å². The second-order valence-corrected chi connectivity index (χ2v) is 9.50. The Bertz CT molecular complexity index is 1140. The summed E-state index contributed by atoms with van der Waals surface area (Å²) < 4.78 is 1.20. The predicted octanol–water partition coefficient (Wildman–Crippen LogP) is 5.16. The topological polar surface area (TPSA) is 98.1 Å². The van der Waals surface area contributed by atoms with E-state index in [0.717, 1.165) is 37.5 Å². The maximum atomic E-state index is 11.0. The molecule has 0 atom stereocenters. The summed E-state index contributed by atoms with van der Waals surface area (Å²) in [4.78, 5) is 15.3. The van der Waals surface area contributed by atoms with Crippen LogP contribution in [0.25, 0.3) is 0 Å². The van der Waals surface area contributed by atoms with Crippen LogP contribution < -0.4 is 4.90 Å². The normalized spacial score (nSPS) is 21.5. The first kappa shape index (κ1) is 24.4. The van der Waals surface area contributed by atoms with E-state index in [1.165, 1.54) is 43.8 Å². The molecule has 11 heteroatoms. The Kier molecular flexibility index (Phi) is 7.33. The summed E-state index contributed by atoms with van der Waals surface area (Å²) in [6.45, 7) is 12.4. The number of azo groups is 1. The minimum atomic E-state index is -0.613. The Morgan fingerprint density at radius 2 is 1.85 bits per heavy atom. The SMILES string of the molecule is CCN(CC[N+]12CCN(CC1)CC2)c1ccc(N=Nc2c(Cl)cc([N+](=O)[O-])cc2C#N)c(Cl)c1. The van der Waals surface area contributed by atoms with Crippen LogP contribution in [0.2, 0.25) is 10.0 Å². The van der Waals surface area contributed by atoms with Crippen LogP contribution in [0, 0.1) is 21.4 Å². The van der Waals surface area contributed by atoms with E-state index in [0.29, 0.717) is 10.7 Å². The van der Waals surface area contributed by atoms with E-state index in [9.17, 15) is 15.4 Å². The van der Waals surface area contributed by atoms with Crippen LogP contribution in [0.1, 0.15) is 12.5 Å². The van der Waals surface area contributed by atoms with Crippen molar-refractivity contribution < 1.29 is 9.41 Å². The molecule has 0 spiro atoms. The van der Waals surface area contributed by atoms with Gasteiger partial charge in [0.25, 0.3) is 5.69 Å². The largest absolute Gasteiger partial charge is 0.366 e. The van der Waals surface area contributed by atoms with E-state index in [-0.39, 0.29) is 22.0 Å². The molecule has 0 radical (unpaired) electrons. The Labute approximate surface area is 208 Å². The molecule has 0 aliphatic carbocycles. The van der Waals surface area contributed by atoms with Crippen molar-refractivity contribution in [1.29, 1.82) is 5.26 Å². The number of hydrogen-bond donors (Lipinski definition) is 0. The van der Waals surface area contributed by atoms with Gasteiger partial charge in [0.1, 0.15) is 17.4 Å². The van der Waals surface area contributed by atoms with Crippen molar-refractivity contribution in [3.05, 3.63) is 56.1 Å². The number of quaternary nitrogens is 1. The number of nitro benzene ring substituents is 1. The van der Waals surface area contributed by atoms with Crippen LogP contribution in [0.4, 0.5) is 22.7 Å². The van der Waals surface area contributed by atoms with Crippen molar-refractivity contribution in [3.63, 3.8) is 0 Å². The molecule has 0 amide bonds. The maximum Gasteiger partial charge on any atom is 0.272 e. The Balaban J connectivity index is 1.49. The number of likely N-dealkylation sites (N-methyl/N-ethyl adjacent to an activating group) is 1. The van der Waals surface area contributed by atoms with Crippen LogP contribution >= 0.6 is 23.2 Å². The van der Waals surface area contributed by atoms with Crippen LogP contribution in [0.5, 0.6) is 0 Å². The van der Waals surface area contributed by atoms with Gasteiger partial charge in [-0.15, -0.1) is 10.2 Å². The first-order valence-electron chi connectivity index (χ1n) is 11.3. The number of hydrogen-bond acceptors (Lipinski definition) is 7. The van der Waals surface area contributed by atoms with Crippen LogP contribution in [-0.2, 0) is 0 Å². The number of fused-ring (bicyclic) bond motifs is 3. The summed E-state index contributed by atoms with van der Waals surface area (Å²) in [5, 5.41) is 29.0. The highest BCUT2D eigenvalue weighted by molar-refractivity contribution is 6.33. The number of nitrogens with zero attached hydrogens (tertiary/aromatic N) is 7. The molecule has 3 aliphatic heterocycles. The standard InChI is InChI=1S/C23H26Cl2N7O2/c1-2-30(8-12-32-9-5-29(6-10-32)7-11-32)18-3-4-22(20(24)14-18)27-28-23-17(16-26)13-19(31(33)34)15-21(23)25/h3-4,13-15H,2,5-12H2,1H3/q+1. The Morgan fingerprint density at radius 1 is 1.15 bits per heavy atom. The number of benzene rings is 2. The number of nitro groups is 1. The molecule has 0 aromatic heterocycles. The molecular weight excluding hydrogens is 477 g/mol. The van der Waals surface area contributed by atoms with Crippen molar-refractivity contribution in [2.45, 2.75) is 6.92 Å². The van der Waals surface area contributed by atoms with Crippen LogP contribution in [0.3, 0.4) is 0 Å². The summed E-state index contributed by atoms with van der Waals surface area (Å²) in [6, 6.07) is 9.76. The average molecular weight is 503 g/mol. The second-order valence-electron chi connectivity index (χ2n) is 8.69. The first-order chi connectivity index (χ1) is 16.3. The lowest BCUT2D eigenvalue weighted by molar-refractivity contribution is -0.939. The highest BCUT2D eigenvalue weighted by Crippen LogP contribution is 2.36. The summed E-state index contributed by atoms with van der Waals surface area (Å²) in [6.07, 6.45) is 0. The van der Waals surface area contributed by atoms with Crippen molar-refractivity contribution >= 4 is 46.0 Å². The van der Waals surface area contributed by atoms with Gasteiger partial charge in [-0.25, -0.2) is 0 Å². The molecule has 9 nitrogen and oxygen atoms in total. The van der Waals surface area contributed by atoms with Crippen molar-refractivity contribution in [2.75, 3.05) is 63.8 Å². The number of rotatable bonds is 8. The highest BCUT2D eigenvalue weighted by Gasteiger charge is 2.38. The summed E-state index contributed by atoms with van der Waals surface area (Å²) >= 11 is 12.6. The van der Waals surface area contributed by atoms with E-state index in [1.807, 2.05) is 18.2 Å². The third-order valence-electron chi connectivity index (χ3n) is 6.83. The van der Waals surface area contributed by atoms with E-state index >= 15 is 0 Å². The minimum absolute atomic E-state index is 0.0227. The lowest BCUT2D eigenvalue weighted by atomic mass is 10.1. The maximum absolute atomic E-state index is 11.0. The van der Waals surface area contributed by atoms with Gasteiger partial charge in [-0.3, -0.25) is 15.0 Å². The molecule has 178 valence electrons. The molecular formula is C23H26Cl2N7O2+. The first-order valence-corrected chi connectivity index (χ1v) is 12.0. The molecule has 0 N–H and O–H groups in total. The molecule has 3 saturated heterocycles. The average Bonchev–Trinajstić information content (AvgIpc) is 2.85. The number of non-ortho nitro benzene ring substituents is 1. The number of piperazine rings is 3. The van der Waals surface area contributed by atoms with Gasteiger partial charge in [0.15, 0.2) is 0 Å². The zero-order chi connectivity index (χ0) is 24.3. The number of halogens is 2. The van der Waals surface area contributed by atoms with Gasteiger partial charge >= 0.3 is 0 Å². The van der Waals surface area contributed by atoms with Gasteiger partial charge in [0, 0.05) is 44.0 Å². The molecule has 3 aliphatic rings. The van der Waals surface area contributed by atoms with E-state index in [1.54, 1.807) is 6.07 Å². The monoisotopic (exact) mass is 502 g/mol. The van der Waals surface area contributed by atoms with Gasteiger partial charge in [0.2, 0.25) is 0 Å². The molecule has 0 saturated carbocycles. The van der Waals surface area contributed by atoms with Crippen LogP contribution in [-0.4, -0.2) is 73.2 Å². The Morgan fingerprint density at radius 3 is 2.44 bits per heavy atom. The molecule has 2 aromatic rings. The highest BCUT2D eigenvalue weighted by atomic mass is 35.5. The van der Waals surface area contributed by atoms with Gasteiger partial charge < -0.3 is 9.38 Å². The number of nitriles is 1. The van der Waals surface area contributed by atoms with Crippen molar-refractivity contribution in [3.8, 4) is 6.07 Å². The molecule has 2 bridgehead atoms. The van der Waals surface area contributed by atoms with Gasteiger partial charge in [-0.1, -0.05) is 23.2 Å². The lowest BCUT2D eigenvalue weighted by Crippen LogP contribution is -2.68. The molecule has 3 heterocycles. The van der Waals surface area contributed by atoms with Crippen LogP contribution in [0.15, 0.2) is 40.6 Å². The zero-order valence-electron chi connectivity index (χ0n) is 19.0. The number of anilines is 1. The van der Waals surface area contributed by atoms with Gasteiger partial charge in [-0.2, -0.15) is 5.26 Å². The molecule has 5 rings (SSSR count). The third kappa shape index (κ3) is 5.15. The molecule has 3 fully saturated rings. The molecule has 34 heavy (non-hydrogen) atoms. The molecule has 0 unspecified atom stereocenters. The van der Waals surface area contributed by atoms with Gasteiger partial charge in [-0.05, 0) is 25.1 Å². The van der Waals surface area contributed by atoms with E-state index < -0.39 is 4.92 Å². The van der Waals surface area contributed by atoms with E-state index in [4.69, 9.17) is 23.2 Å². The summed E-state index contributed by atoms with van der Waals surface area (Å²) in [7, 11) is 0. The third-order valence-corrected chi connectivity index (χ3v) is 7.42. The summed E-state index contributed by atoms with van der Waals surface area (Å²) in [5.41, 5.74) is 1.21. The predicted molar refractivity (Wildman–Crippen MR) is 133 cm³/mol. The summed E-state index contributed by atoms with van der Waals surface area (Å²) in [5.74, 6) is 0. The van der Waals surface area contributed by atoms with E-state index in [2.05, 4.69) is 27.0 Å². The lowest BCUT2D eigenvalue weighted by Gasteiger charge is -2.51. The smallest absolute Gasteiger partial charge is 0.272 e. The molecule has 2 aromatic carbocycles. The second kappa shape index (κ2) is 10.2. The fourth-order valence-electron chi connectivity index (χ4n) is 4.62.